The van der Waals surface area contributed by atoms with Gasteiger partial charge in [0, 0.05) is 19.2 Å². The summed E-state index contributed by atoms with van der Waals surface area (Å²) in [6, 6.07) is 11.8. The number of aromatic nitrogens is 1. The summed E-state index contributed by atoms with van der Waals surface area (Å²) in [4.78, 5) is 17.3. The Morgan fingerprint density at radius 1 is 1.18 bits per heavy atom. The normalized spacial score (nSPS) is 11.9. The highest BCUT2D eigenvalue weighted by Crippen LogP contribution is 2.20. The van der Waals surface area contributed by atoms with Crippen molar-refractivity contribution in [1.29, 1.82) is 0 Å². The number of ether oxygens (including phenoxy) is 2. The number of methoxy groups -OCH3 is 1. The molecule has 0 radical (unpaired) electrons. The Morgan fingerprint density at radius 3 is 2.68 bits per heavy atom. The van der Waals surface area contributed by atoms with Gasteiger partial charge in [0.15, 0.2) is 4.80 Å². The average Bonchev–Trinajstić information content (AvgIpc) is 3.05. The van der Waals surface area contributed by atoms with E-state index in [1.807, 2.05) is 6.07 Å². The van der Waals surface area contributed by atoms with Gasteiger partial charge < -0.3 is 14.0 Å². The van der Waals surface area contributed by atoms with Crippen LogP contribution in [0.3, 0.4) is 0 Å². The topological polar surface area (TPSA) is 52.8 Å². The Hall–Kier alpha value is -2.51. The van der Waals surface area contributed by atoms with Gasteiger partial charge in [-0.2, -0.15) is 4.99 Å². The van der Waals surface area contributed by atoms with Gasteiger partial charge in [0.1, 0.15) is 11.6 Å². The van der Waals surface area contributed by atoms with Gasteiger partial charge >= 0.3 is 0 Å². The minimum Gasteiger partial charge on any atom is -0.494 e. The number of benzene rings is 2. The maximum atomic E-state index is 14.3. The molecule has 148 valence electrons. The van der Waals surface area contributed by atoms with Crippen molar-refractivity contribution in [3.05, 3.63) is 58.6 Å². The lowest BCUT2D eigenvalue weighted by molar-refractivity contribution is 0.0997. The Bertz CT molecular complexity index is 1010. The van der Waals surface area contributed by atoms with Crippen molar-refractivity contribution in [2.45, 2.75) is 26.3 Å². The number of para-hydroxylation sites is 1. The van der Waals surface area contributed by atoms with Gasteiger partial charge in [-0.1, -0.05) is 30.7 Å². The maximum absolute atomic E-state index is 14.3. The lowest BCUT2D eigenvalue weighted by Crippen LogP contribution is -2.19. The Balaban J connectivity index is 1.90. The van der Waals surface area contributed by atoms with E-state index in [0.29, 0.717) is 35.6 Å². The zero-order valence-corrected chi connectivity index (χ0v) is 16.8. The van der Waals surface area contributed by atoms with Crippen molar-refractivity contribution < 1.29 is 18.7 Å². The smallest absolute Gasteiger partial charge is 0.279 e. The summed E-state index contributed by atoms with van der Waals surface area (Å²) in [7, 11) is 1.58. The molecule has 0 fully saturated rings. The van der Waals surface area contributed by atoms with Crippen LogP contribution in [0.4, 0.5) is 4.39 Å². The summed E-state index contributed by atoms with van der Waals surface area (Å²) >= 11 is 1.28. The monoisotopic (exact) mass is 402 g/mol. The molecule has 1 aromatic heterocycles. The molecule has 1 amide bonds. The van der Waals surface area contributed by atoms with Crippen LogP contribution in [0, 0.1) is 5.82 Å². The SMILES string of the molecule is CCCCOc1ccc(C(=O)N=c2sc3cccc(F)c3n2CCOC)cc1. The fourth-order valence-corrected chi connectivity index (χ4v) is 3.81. The standard InChI is InChI=1S/C21H23FN2O3S/c1-3-4-13-27-16-10-8-15(9-11-16)20(25)23-21-24(12-14-26-2)19-17(22)6-5-7-18(19)28-21/h5-11H,3-4,12-14H2,1-2H3. The van der Waals surface area contributed by atoms with Gasteiger partial charge in [0.25, 0.3) is 5.91 Å². The lowest BCUT2D eigenvalue weighted by Gasteiger charge is -2.06. The second-order valence-electron chi connectivity index (χ2n) is 6.26. The van der Waals surface area contributed by atoms with Crippen LogP contribution >= 0.6 is 11.3 Å². The molecule has 7 heteroatoms. The predicted octanol–water partition coefficient (Wildman–Crippen LogP) is 4.41. The Labute approximate surface area is 167 Å². The van der Waals surface area contributed by atoms with Gasteiger partial charge in [-0.3, -0.25) is 4.79 Å². The molecule has 0 aliphatic heterocycles. The zero-order valence-electron chi connectivity index (χ0n) is 16.0. The van der Waals surface area contributed by atoms with Crippen molar-refractivity contribution >= 4 is 27.5 Å². The molecule has 2 aromatic carbocycles. The number of thiazole rings is 1. The van der Waals surface area contributed by atoms with Crippen LogP contribution in [0.25, 0.3) is 10.2 Å². The Morgan fingerprint density at radius 2 is 1.96 bits per heavy atom. The Kier molecular flexibility index (Phi) is 6.95. The number of halogens is 1. The quantitative estimate of drug-likeness (QED) is 0.525. The van der Waals surface area contributed by atoms with Gasteiger partial charge in [-0.05, 0) is 42.8 Å². The second-order valence-corrected chi connectivity index (χ2v) is 7.27. The lowest BCUT2D eigenvalue weighted by atomic mass is 10.2. The maximum Gasteiger partial charge on any atom is 0.279 e. The number of hydrogen-bond donors (Lipinski definition) is 0. The van der Waals surface area contributed by atoms with Crippen molar-refractivity contribution in [1.82, 2.24) is 4.57 Å². The van der Waals surface area contributed by atoms with E-state index < -0.39 is 0 Å². The molecule has 0 unspecified atom stereocenters. The van der Waals surface area contributed by atoms with Crippen molar-refractivity contribution in [3.8, 4) is 5.75 Å². The largest absolute Gasteiger partial charge is 0.494 e. The van der Waals surface area contributed by atoms with Crippen LogP contribution in [0.5, 0.6) is 5.75 Å². The van der Waals surface area contributed by atoms with Gasteiger partial charge in [0.2, 0.25) is 0 Å². The fraction of sp³-hybridized carbons (Fsp3) is 0.333. The van der Waals surface area contributed by atoms with E-state index in [4.69, 9.17) is 9.47 Å². The van der Waals surface area contributed by atoms with Crippen LogP contribution in [0.15, 0.2) is 47.5 Å². The number of rotatable bonds is 8. The first-order valence-corrected chi connectivity index (χ1v) is 10.0. The molecule has 0 bridgehead atoms. The van der Waals surface area contributed by atoms with Crippen molar-refractivity contribution in [3.63, 3.8) is 0 Å². The predicted molar refractivity (Wildman–Crippen MR) is 108 cm³/mol. The average molecular weight is 402 g/mol. The molecule has 0 saturated carbocycles. The molecule has 0 aliphatic rings. The van der Waals surface area contributed by atoms with Crippen molar-refractivity contribution in [2.75, 3.05) is 20.3 Å². The molecule has 3 rings (SSSR count). The molecular formula is C21H23FN2O3S. The van der Waals surface area contributed by atoms with Crippen LogP contribution < -0.4 is 9.54 Å². The van der Waals surface area contributed by atoms with E-state index in [1.165, 1.54) is 17.4 Å². The summed E-state index contributed by atoms with van der Waals surface area (Å²) in [5, 5.41) is 0. The number of nitrogens with zero attached hydrogens (tertiary/aromatic N) is 2. The molecule has 0 spiro atoms. The van der Waals surface area contributed by atoms with E-state index in [9.17, 15) is 9.18 Å². The first-order valence-electron chi connectivity index (χ1n) is 9.22. The highest BCUT2D eigenvalue weighted by Gasteiger charge is 2.12. The highest BCUT2D eigenvalue weighted by molar-refractivity contribution is 7.16. The second kappa shape index (κ2) is 9.61. The third-order valence-corrected chi connectivity index (χ3v) is 5.28. The molecule has 0 aliphatic carbocycles. The van der Waals surface area contributed by atoms with E-state index in [0.717, 1.165) is 23.3 Å². The van der Waals surface area contributed by atoms with E-state index in [-0.39, 0.29) is 11.7 Å². The van der Waals surface area contributed by atoms with Crippen LogP contribution in [0.2, 0.25) is 0 Å². The number of unbranched alkanes of at least 4 members (excludes halogenated alkanes) is 1. The number of amides is 1. The molecule has 28 heavy (non-hydrogen) atoms. The fourth-order valence-electron chi connectivity index (χ4n) is 2.74. The number of carbonyl (C=O) groups excluding carboxylic acids is 1. The van der Waals surface area contributed by atoms with Crippen LogP contribution in [0.1, 0.15) is 30.1 Å². The molecule has 3 aromatic rings. The third kappa shape index (κ3) is 4.66. The number of carbonyl (C=O) groups is 1. The number of hydrogen-bond acceptors (Lipinski definition) is 4. The molecule has 5 nitrogen and oxygen atoms in total. The summed E-state index contributed by atoms with van der Waals surface area (Å²) in [6.07, 6.45) is 2.05. The van der Waals surface area contributed by atoms with Gasteiger partial charge in [0.05, 0.1) is 23.4 Å². The molecule has 0 N–H and O–H groups in total. The summed E-state index contributed by atoms with van der Waals surface area (Å²) in [5.41, 5.74) is 0.898. The summed E-state index contributed by atoms with van der Waals surface area (Å²) < 4.78 is 27.5. The minimum atomic E-state index is -0.377. The zero-order chi connectivity index (χ0) is 19.9. The molecule has 1 heterocycles. The minimum absolute atomic E-state index is 0.340. The van der Waals surface area contributed by atoms with E-state index in [1.54, 1.807) is 42.0 Å². The number of fused-ring (bicyclic) bond motifs is 1. The molecular weight excluding hydrogens is 379 g/mol. The summed E-state index contributed by atoms with van der Waals surface area (Å²) in [5.74, 6) is 0.00895. The van der Waals surface area contributed by atoms with E-state index in [2.05, 4.69) is 11.9 Å². The third-order valence-electron chi connectivity index (χ3n) is 4.24. The van der Waals surface area contributed by atoms with Crippen LogP contribution in [-0.2, 0) is 11.3 Å². The highest BCUT2D eigenvalue weighted by atomic mass is 32.1. The first kappa shape index (κ1) is 20.2. The molecule has 0 atom stereocenters. The van der Waals surface area contributed by atoms with Crippen LogP contribution in [-0.4, -0.2) is 30.8 Å². The van der Waals surface area contributed by atoms with Gasteiger partial charge in [-0.25, -0.2) is 4.39 Å². The van der Waals surface area contributed by atoms with Crippen molar-refractivity contribution in [2.24, 2.45) is 4.99 Å². The summed E-state index contributed by atoms with van der Waals surface area (Å²) in [6.45, 7) is 3.56. The first-order chi connectivity index (χ1) is 13.6. The van der Waals surface area contributed by atoms with E-state index >= 15 is 0 Å². The molecule has 0 saturated heterocycles. The van der Waals surface area contributed by atoms with Gasteiger partial charge in [-0.15, -0.1) is 0 Å².